The van der Waals surface area contributed by atoms with Gasteiger partial charge in [-0.2, -0.15) is 0 Å². The molecule has 0 spiro atoms. The molecule has 1 fully saturated rings. The third kappa shape index (κ3) is 4.69. The van der Waals surface area contributed by atoms with Gasteiger partial charge >= 0.3 is 6.09 Å². The van der Waals surface area contributed by atoms with Crippen molar-refractivity contribution >= 4 is 40.2 Å². The molecule has 0 aliphatic heterocycles. The van der Waals surface area contributed by atoms with Crippen LogP contribution in [0.25, 0.3) is 10.9 Å². The molecule has 0 unspecified atom stereocenters. The van der Waals surface area contributed by atoms with E-state index < -0.39 is 6.09 Å². The molecule has 162 valence electrons. The van der Waals surface area contributed by atoms with Gasteiger partial charge in [0, 0.05) is 42.2 Å². The Morgan fingerprint density at radius 1 is 1.10 bits per heavy atom. The van der Waals surface area contributed by atoms with Crippen LogP contribution in [-0.2, 0) is 11.3 Å². The molecule has 7 heteroatoms. The number of rotatable bonds is 7. The van der Waals surface area contributed by atoms with Crippen LogP contribution < -0.4 is 10.1 Å². The summed E-state index contributed by atoms with van der Waals surface area (Å²) in [4.78, 5) is 26.7. The highest BCUT2D eigenvalue weighted by molar-refractivity contribution is 6.30. The van der Waals surface area contributed by atoms with Gasteiger partial charge in [-0.05, 0) is 62.6 Å². The fraction of sp³-hybridized carbons (Fsp3) is 0.333. The van der Waals surface area contributed by atoms with Crippen molar-refractivity contribution in [3.8, 4) is 5.75 Å². The molecule has 0 bridgehead atoms. The summed E-state index contributed by atoms with van der Waals surface area (Å²) in [5.74, 6) is 0.374. The van der Waals surface area contributed by atoms with Gasteiger partial charge < -0.3 is 19.5 Å². The molecule has 1 aliphatic carbocycles. The van der Waals surface area contributed by atoms with Crippen LogP contribution in [0.2, 0.25) is 5.02 Å². The van der Waals surface area contributed by atoms with E-state index in [0.717, 1.165) is 29.3 Å². The van der Waals surface area contributed by atoms with E-state index in [9.17, 15) is 9.59 Å². The summed E-state index contributed by atoms with van der Waals surface area (Å²) in [5, 5.41) is 4.56. The molecule has 2 aromatic carbocycles. The van der Waals surface area contributed by atoms with Crippen molar-refractivity contribution < 1.29 is 14.3 Å². The summed E-state index contributed by atoms with van der Waals surface area (Å²) in [5.41, 5.74) is 2.61. The van der Waals surface area contributed by atoms with Crippen molar-refractivity contribution in [2.24, 2.45) is 5.92 Å². The largest absolute Gasteiger partial charge is 0.415 e. The summed E-state index contributed by atoms with van der Waals surface area (Å²) in [6.07, 6.45) is 3.34. The van der Waals surface area contributed by atoms with Crippen molar-refractivity contribution in [2.75, 3.05) is 18.4 Å². The van der Waals surface area contributed by atoms with E-state index in [1.165, 1.54) is 0 Å². The number of hydrogen-bond donors (Lipinski definition) is 1. The molecule has 0 atom stereocenters. The van der Waals surface area contributed by atoms with Crippen LogP contribution in [0, 0.1) is 5.92 Å². The van der Waals surface area contributed by atoms with Crippen LogP contribution in [0.4, 0.5) is 10.5 Å². The van der Waals surface area contributed by atoms with E-state index in [1.54, 1.807) is 11.0 Å². The molecule has 6 nitrogen and oxygen atoms in total. The maximum Gasteiger partial charge on any atom is 0.415 e. The lowest BCUT2D eigenvalue weighted by molar-refractivity contribution is -0.117. The molecule has 1 aliphatic rings. The first-order chi connectivity index (χ1) is 15.0. The number of fused-ring (bicyclic) bond motifs is 1. The zero-order chi connectivity index (χ0) is 22.0. The van der Waals surface area contributed by atoms with Crippen LogP contribution in [0.3, 0.4) is 0 Å². The average Bonchev–Trinajstić information content (AvgIpc) is 3.54. The van der Waals surface area contributed by atoms with Crippen LogP contribution in [-0.4, -0.2) is 34.6 Å². The molecular weight excluding hydrogens is 414 g/mol. The van der Waals surface area contributed by atoms with Gasteiger partial charge in [-0.15, -0.1) is 0 Å². The van der Waals surface area contributed by atoms with Gasteiger partial charge in [-0.3, -0.25) is 4.79 Å². The maximum atomic E-state index is 12.6. The molecule has 1 aromatic heterocycles. The summed E-state index contributed by atoms with van der Waals surface area (Å²) >= 11 is 6.00. The number of nitrogens with one attached hydrogen (secondary N) is 1. The number of hydrogen-bond acceptors (Lipinski definition) is 3. The van der Waals surface area contributed by atoms with Gasteiger partial charge in [-0.1, -0.05) is 23.7 Å². The highest BCUT2D eigenvalue weighted by Gasteiger charge is 2.31. The van der Waals surface area contributed by atoms with Gasteiger partial charge in [0.05, 0.1) is 11.2 Å². The topological polar surface area (TPSA) is 63.6 Å². The number of nitrogens with zero attached hydrogens (tertiary/aromatic N) is 2. The number of benzene rings is 2. The number of aromatic nitrogens is 1. The van der Waals surface area contributed by atoms with E-state index in [1.807, 2.05) is 56.4 Å². The van der Waals surface area contributed by atoms with E-state index in [4.69, 9.17) is 16.3 Å². The number of carbonyl (C=O) groups excluding carboxylic acids is 2. The monoisotopic (exact) mass is 439 g/mol. The summed E-state index contributed by atoms with van der Waals surface area (Å²) in [7, 11) is 0. The van der Waals surface area contributed by atoms with Gasteiger partial charge in [0.25, 0.3) is 0 Å². The normalized spacial score (nSPS) is 13.3. The zero-order valence-corrected chi connectivity index (χ0v) is 18.5. The standard InChI is InChI=1S/C24H26ClN3O3/c1-3-27(4-2)24(30)31-21-12-11-20-19(22(21)26-23(29)17-7-8-17)13-14-28(20)15-16-5-9-18(25)10-6-16/h5-6,9-14,17H,3-4,7-8,15H2,1-2H3,(H,26,29). The molecule has 2 amide bonds. The third-order valence-electron chi connectivity index (χ3n) is 5.60. The van der Waals surface area contributed by atoms with Gasteiger partial charge in [0.15, 0.2) is 5.75 Å². The quantitative estimate of drug-likeness (QED) is 0.526. The zero-order valence-electron chi connectivity index (χ0n) is 17.7. The minimum atomic E-state index is -0.424. The first-order valence-corrected chi connectivity index (χ1v) is 11.0. The first kappa shape index (κ1) is 21.2. The lowest BCUT2D eigenvalue weighted by Crippen LogP contribution is -2.33. The first-order valence-electron chi connectivity index (χ1n) is 10.6. The molecule has 31 heavy (non-hydrogen) atoms. The summed E-state index contributed by atoms with van der Waals surface area (Å²) in [6, 6.07) is 13.3. The molecule has 0 saturated heterocycles. The minimum absolute atomic E-state index is 0.0295. The van der Waals surface area contributed by atoms with Crippen LogP contribution in [0.1, 0.15) is 32.3 Å². The van der Waals surface area contributed by atoms with Crippen molar-refractivity contribution in [1.82, 2.24) is 9.47 Å². The number of halogens is 1. The molecular formula is C24H26ClN3O3. The Hall–Kier alpha value is -2.99. The van der Waals surface area contributed by atoms with Crippen LogP contribution >= 0.6 is 11.6 Å². The number of anilines is 1. The van der Waals surface area contributed by atoms with Crippen molar-refractivity contribution in [1.29, 1.82) is 0 Å². The molecule has 1 saturated carbocycles. The Morgan fingerprint density at radius 2 is 1.81 bits per heavy atom. The van der Waals surface area contributed by atoms with E-state index in [2.05, 4.69) is 9.88 Å². The summed E-state index contributed by atoms with van der Waals surface area (Å²) < 4.78 is 7.79. The summed E-state index contributed by atoms with van der Waals surface area (Å²) in [6.45, 7) is 5.58. The molecule has 1 N–H and O–H groups in total. The Bertz CT molecular complexity index is 1100. The predicted molar refractivity (Wildman–Crippen MR) is 123 cm³/mol. The fourth-order valence-corrected chi connectivity index (χ4v) is 3.73. The van der Waals surface area contributed by atoms with E-state index >= 15 is 0 Å². The number of ether oxygens (including phenoxy) is 1. The van der Waals surface area contributed by atoms with Crippen molar-refractivity contribution in [2.45, 2.75) is 33.2 Å². The van der Waals surface area contributed by atoms with E-state index in [0.29, 0.717) is 36.1 Å². The predicted octanol–water partition coefficient (Wildman–Crippen LogP) is 5.53. The van der Waals surface area contributed by atoms with Crippen LogP contribution in [0.15, 0.2) is 48.7 Å². The van der Waals surface area contributed by atoms with E-state index in [-0.39, 0.29) is 11.8 Å². The molecule has 4 rings (SSSR count). The maximum absolute atomic E-state index is 12.6. The molecule has 1 heterocycles. The van der Waals surface area contributed by atoms with Gasteiger partial charge in [-0.25, -0.2) is 4.79 Å². The Morgan fingerprint density at radius 3 is 2.45 bits per heavy atom. The molecule has 0 radical (unpaired) electrons. The Balaban J connectivity index is 1.69. The third-order valence-corrected chi connectivity index (χ3v) is 5.85. The van der Waals surface area contributed by atoms with Crippen molar-refractivity contribution in [3.63, 3.8) is 0 Å². The fourth-order valence-electron chi connectivity index (χ4n) is 3.60. The average molecular weight is 440 g/mol. The van der Waals surface area contributed by atoms with Gasteiger partial charge in [0.2, 0.25) is 5.91 Å². The molecule has 3 aromatic rings. The van der Waals surface area contributed by atoms with Crippen LogP contribution in [0.5, 0.6) is 5.75 Å². The lowest BCUT2D eigenvalue weighted by atomic mass is 10.2. The minimum Gasteiger partial charge on any atom is -0.408 e. The Labute approximate surface area is 186 Å². The highest BCUT2D eigenvalue weighted by atomic mass is 35.5. The second kappa shape index (κ2) is 9.02. The lowest BCUT2D eigenvalue weighted by Gasteiger charge is -2.20. The smallest absolute Gasteiger partial charge is 0.408 e. The Kier molecular flexibility index (Phi) is 6.18. The number of amides is 2. The second-order valence-electron chi connectivity index (χ2n) is 7.75. The van der Waals surface area contributed by atoms with Crippen molar-refractivity contribution in [3.05, 3.63) is 59.2 Å². The van der Waals surface area contributed by atoms with Gasteiger partial charge in [0.1, 0.15) is 0 Å². The highest BCUT2D eigenvalue weighted by Crippen LogP contribution is 2.37. The second-order valence-corrected chi connectivity index (χ2v) is 8.18. The number of carbonyl (C=O) groups is 2. The SMILES string of the molecule is CCN(CC)C(=O)Oc1ccc2c(ccn2Cc2ccc(Cl)cc2)c1NC(=O)C1CC1.